The van der Waals surface area contributed by atoms with Crippen LogP contribution in [0, 0.1) is 0 Å². The zero-order chi connectivity index (χ0) is 34.4. The summed E-state index contributed by atoms with van der Waals surface area (Å²) in [5, 5.41) is 6.50. The van der Waals surface area contributed by atoms with Crippen LogP contribution in [0.4, 0.5) is 0 Å². The van der Waals surface area contributed by atoms with Gasteiger partial charge in [-0.3, -0.25) is 0 Å². The highest BCUT2D eigenvalue weighted by Gasteiger charge is 2.35. The lowest BCUT2D eigenvalue weighted by Gasteiger charge is -2.27. The lowest BCUT2D eigenvalue weighted by Crippen LogP contribution is -2.30. The van der Waals surface area contributed by atoms with Crippen LogP contribution < -0.4 is 20.9 Å². The molecule has 0 amide bonds. The van der Waals surface area contributed by atoms with Gasteiger partial charge in [-0.25, -0.2) is 0 Å². The number of furan rings is 1. The first-order chi connectivity index (χ1) is 24.3. The Morgan fingerprint density at radius 2 is 1.36 bits per heavy atom. The molecule has 0 spiro atoms. The Labute approximate surface area is 293 Å². The molecule has 6 aromatic rings. The number of para-hydroxylation sites is 1. The van der Waals surface area contributed by atoms with Crippen molar-refractivity contribution >= 4 is 63.0 Å². The summed E-state index contributed by atoms with van der Waals surface area (Å²) in [6.45, 7) is 18.4. The molecule has 2 aliphatic carbocycles. The summed E-state index contributed by atoms with van der Waals surface area (Å²) < 4.78 is 6.49. The smallest absolute Gasteiger partial charge is 0.136 e. The van der Waals surface area contributed by atoms with Crippen molar-refractivity contribution in [3.63, 3.8) is 0 Å². The second kappa shape index (κ2) is 12.5. The summed E-state index contributed by atoms with van der Waals surface area (Å²) in [6.07, 6.45) is 15.4. The van der Waals surface area contributed by atoms with Gasteiger partial charge in [-0.2, -0.15) is 0 Å². The zero-order valence-corrected chi connectivity index (χ0v) is 28.8. The highest BCUT2D eigenvalue weighted by Crippen LogP contribution is 2.49. The molecule has 0 saturated heterocycles. The summed E-state index contributed by atoms with van der Waals surface area (Å²) in [5.41, 5.74) is 11.8. The Bertz CT molecular complexity index is 2720. The second-order valence-corrected chi connectivity index (χ2v) is 13.9. The topological polar surface area (TPSA) is 13.1 Å². The Morgan fingerprint density at radius 1 is 0.700 bits per heavy atom. The summed E-state index contributed by atoms with van der Waals surface area (Å²) in [5.74, 6) is 0. The van der Waals surface area contributed by atoms with Gasteiger partial charge < -0.3 is 4.42 Å². The van der Waals surface area contributed by atoms with Gasteiger partial charge in [0.1, 0.15) is 11.2 Å². The first kappa shape index (κ1) is 31.4. The summed E-state index contributed by atoms with van der Waals surface area (Å²) in [7, 11) is 0. The Balaban J connectivity index is 1.42. The van der Waals surface area contributed by atoms with Crippen molar-refractivity contribution in [3.05, 3.63) is 195 Å². The van der Waals surface area contributed by atoms with Crippen molar-refractivity contribution in [1.29, 1.82) is 0 Å². The Hall–Kier alpha value is -5.92. The molecule has 0 aliphatic heterocycles. The molecule has 0 bridgehead atoms. The highest BCUT2D eigenvalue weighted by atomic mass is 16.3. The quantitative estimate of drug-likeness (QED) is 0.182. The Morgan fingerprint density at radius 3 is 2.14 bits per heavy atom. The van der Waals surface area contributed by atoms with Crippen molar-refractivity contribution in [2.45, 2.75) is 32.1 Å². The molecule has 0 unspecified atom stereocenters. The van der Waals surface area contributed by atoms with Crippen molar-refractivity contribution < 1.29 is 4.42 Å². The lowest BCUT2D eigenvalue weighted by atomic mass is 9.76. The van der Waals surface area contributed by atoms with E-state index in [2.05, 4.69) is 148 Å². The van der Waals surface area contributed by atoms with Crippen LogP contribution >= 0.6 is 0 Å². The average Bonchev–Trinajstić information content (AvgIpc) is 3.63. The van der Waals surface area contributed by atoms with Gasteiger partial charge in [0, 0.05) is 16.2 Å². The third-order valence-corrected chi connectivity index (χ3v) is 10.4. The molecule has 1 heterocycles. The fourth-order valence-corrected chi connectivity index (χ4v) is 7.69. The number of benzene rings is 5. The monoisotopic (exact) mass is 644 g/mol. The van der Waals surface area contributed by atoms with Crippen LogP contribution in [-0.2, 0) is 5.41 Å². The van der Waals surface area contributed by atoms with Crippen molar-refractivity contribution in [1.82, 2.24) is 0 Å². The second-order valence-electron chi connectivity index (χ2n) is 13.9. The number of hydrogen-bond acceptors (Lipinski definition) is 1. The van der Waals surface area contributed by atoms with Gasteiger partial charge in [-0.15, -0.1) is 0 Å². The molecule has 5 aromatic carbocycles. The summed E-state index contributed by atoms with van der Waals surface area (Å²) >= 11 is 0. The van der Waals surface area contributed by atoms with Crippen LogP contribution in [0.1, 0.15) is 48.9 Å². The predicted octanol–water partition coefficient (Wildman–Crippen LogP) is 9.79. The minimum absolute atomic E-state index is 0.205. The van der Waals surface area contributed by atoms with Crippen molar-refractivity contribution in [3.8, 4) is 0 Å². The number of rotatable bonds is 5. The normalized spacial score (nSPS) is 19.1. The van der Waals surface area contributed by atoms with E-state index in [0.29, 0.717) is 0 Å². The maximum Gasteiger partial charge on any atom is 0.136 e. The van der Waals surface area contributed by atoms with Gasteiger partial charge in [0.15, 0.2) is 0 Å². The lowest BCUT2D eigenvalue weighted by molar-refractivity contribution is 0.668. The van der Waals surface area contributed by atoms with E-state index in [9.17, 15) is 0 Å². The first-order valence-electron chi connectivity index (χ1n) is 17.4. The van der Waals surface area contributed by atoms with E-state index in [4.69, 9.17) is 11.0 Å². The van der Waals surface area contributed by atoms with Gasteiger partial charge in [0.05, 0.1) is 0 Å². The van der Waals surface area contributed by atoms with E-state index in [1.807, 2.05) is 24.3 Å². The number of allylic oxidation sites excluding steroid dienone is 7. The van der Waals surface area contributed by atoms with Gasteiger partial charge in [0.2, 0.25) is 0 Å². The van der Waals surface area contributed by atoms with E-state index in [1.54, 1.807) is 0 Å². The zero-order valence-electron chi connectivity index (χ0n) is 28.8. The molecule has 0 fully saturated rings. The third kappa shape index (κ3) is 5.36. The minimum atomic E-state index is -0.205. The van der Waals surface area contributed by atoms with Crippen LogP contribution in [0.3, 0.4) is 0 Å². The molecule has 1 nitrogen and oxygen atoms in total. The molecule has 0 N–H and O–H groups in total. The van der Waals surface area contributed by atoms with Gasteiger partial charge in [0.25, 0.3) is 0 Å². The third-order valence-electron chi connectivity index (χ3n) is 10.4. The maximum absolute atomic E-state index is 6.49. The van der Waals surface area contributed by atoms with Crippen LogP contribution in [-0.4, -0.2) is 0 Å². The van der Waals surface area contributed by atoms with Crippen molar-refractivity contribution in [2.75, 3.05) is 0 Å². The highest BCUT2D eigenvalue weighted by molar-refractivity contribution is 6.12. The molecule has 8 rings (SSSR count). The summed E-state index contributed by atoms with van der Waals surface area (Å²) in [6, 6.07) is 38.5. The number of hydrogen-bond donors (Lipinski definition) is 0. The molecule has 0 radical (unpaired) electrons. The molecule has 242 valence electrons. The van der Waals surface area contributed by atoms with E-state index >= 15 is 0 Å². The van der Waals surface area contributed by atoms with E-state index < -0.39 is 0 Å². The molecule has 0 atom stereocenters. The van der Waals surface area contributed by atoms with Gasteiger partial charge >= 0.3 is 0 Å². The van der Waals surface area contributed by atoms with Crippen LogP contribution in [0.25, 0.3) is 63.0 Å². The minimum Gasteiger partial charge on any atom is -0.456 e. The molecular formula is C49H40O. The Kier molecular flexibility index (Phi) is 7.85. The first-order valence-corrected chi connectivity index (χ1v) is 17.4. The molecule has 0 saturated carbocycles. The molecule has 1 heteroatoms. The fraction of sp³-hybridized carbons (Fsp3) is 0.102. The predicted molar refractivity (Wildman–Crippen MR) is 215 cm³/mol. The van der Waals surface area contributed by atoms with E-state index in [-0.39, 0.29) is 5.41 Å². The number of fused-ring (bicyclic) bond motifs is 5. The standard InChI is InChI=1S/C49H40O/c1-32-18-10-11-19-35(32)28-33(2)37-21-8-6-7-9-22-38(40-24-14-13-23-39(37)40)34(3)42-30-44-41-25-15-17-27-47(41)50-48(44)31-43(42)46-29-36-20-12-16-26-45(36)49(46,4)5/h8-31H,1-3,6-7H2,4-5H3/b21-8+,22-9+,35-28-,39-37+,40-38+. The molecule has 1 aromatic heterocycles. The van der Waals surface area contributed by atoms with Crippen LogP contribution in [0.5, 0.6) is 0 Å². The average molecular weight is 645 g/mol. The summed E-state index contributed by atoms with van der Waals surface area (Å²) in [4.78, 5) is 0. The molecule has 2 aliphatic rings. The molecular weight excluding hydrogens is 605 g/mol. The van der Waals surface area contributed by atoms with Gasteiger partial charge in [-0.05, 0) is 114 Å². The maximum atomic E-state index is 6.49. The molecule has 50 heavy (non-hydrogen) atoms. The van der Waals surface area contributed by atoms with Crippen LogP contribution in [0.2, 0.25) is 0 Å². The van der Waals surface area contributed by atoms with Gasteiger partial charge in [-0.1, -0.05) is 149 Å². The van der Waals surface area contributed by atoms with E-state index in [1.165, 1.54) is 16.7 Å². The largest absolute Gasteiger partial charge is 0.456 e. The van der Waals surface area contributed by atoms with Crippen molar-refractivity contribution in [2.24, 2.45) is 0 Å². The fourth-order valence-electron chi connectivity index (χ4n) is 7.69. The van der Waals surface area contributed by atoms with Crippen LogP contribution in [0.15, 0.2) is 157 Å². The van der Waals surface area contributed by atoms with E-state index in [0.717, 1.165) is 89.1 Å². The SMILES string of the molecule is C=C(/C=c1/ccccc1=C)C1=c2\cccc\c2=C(C(=C)c2cc3c(cc2C2=Cc4ccccc4C2(C)C)oc2ccccc23)\C=C\CC\C=C\1.